The summed E-state index contributed by atoms with van der Waals surface area (Å²) in [6.07, 6.45) is 6.74. The third-order valence-electron chi connectivity index (χ3n) is 5.25. The van der Waals surface area contributed by atoms with Crippen molar-refractivity contribution < 1.29 is 0 Å². The summed E-state index contributed by atoms with van der Waals surface area (Å²) in [6, 6.07) is 19.6. The summed E-state index contributed by atoms with van der Waals surface area (Å²) in [6.45, 7) is 3.63. The van der Waals surface area contributed by atoms with E-state index in [0.29, 0.717) is 6.04 Å². The highest BCUT2D eigenvalue weighted by Gasteiger charge is 2.23. The zero-order chi connectivity index (χ0) is 19.9. The van der Waals surface area contributed by atoms with Gasteiger partial charge in [0.2, 0.25) is 0 Å². The van der Waals surface area contributed by atoms with Crippen molar-refractivity contribution in [2.45, 2.75) is 25.6 Å². The number of nitrogens with one attached hydrogen (secondary N) is 2. The average Bonchev–Trinajstić information content (AvgIpc) is 3.44. The Morgan fingerprint density at radius 1 is 1.13 bits per heavy atom. The van der Waals surface area contributed by atoms with Gasteiger partial charge in [-0.1, -0.05) is 42.5 Å². The van der Waals surface area contributed by atoms with Gasteiger partial charge in [0.15, 0.2) is 5.96 Å². The minimum Gasteiger partial charge on any atom is -0.369 e. The van der Waals surface area contributed by atoms with Crippen LogP contribution < -0.4 is 15.5 Å². The fourth-order valence-corrected chi connectivity index (χ4v) is 3.75. The van der Waals surface area contributed by atoms with Crippen LogP contribution in [0, 0.1) is 0 Å². The Labute approximate surface area is 195 Å². The Kier molecular flexibility index (Phi) is 8.12. The lowest BCUT2D eigenvalue weighted by Crippen LogP contribution is -2.44. The fourth-order valence-electron chi connectivity index (χ4n) is 3.75. The van der Waals surface area contributed by atoms with Crippen LogP contribution in [0.15, 0.2) is 78.3 Å². The van der Waals surface area contributed by atoms with Crippen LogP contribution in [0.25, 0.3) is 0 Å². The molecule has 4 rings (SSSR count). The van der Waals surface area contributed by atoms with Crippen molar-refractivity contribution in [2.75, 3.05) is 25.0 Å². The number of para-hydroxylation sites is 1. The van der Waals surface area contributed by atoms with E-state index in [-0.39, 0.29) is 24.0 Å². The second kappa shape index (κ2) is 11.0. The number of rotatable bonds is 6. The quantitative estimate of drug-likeness (QED) is 0.299. The first-order valence-electron chi connectivity index (χ1n) is 10.1. The second-order valence-electron chi connectivity index (χ2n) is 7.39. The molecule has 0 saturated carbocycles. The van der Waals surface area contributed by atoms with Crippen LogP contribution in [0.2, 0.25) is 0 Å². The lowest BCUT2D eigenvalue weighted by molar-refractivity contribution is 0.648. The van der Waals surface area contributed by atoms with Gasteiger partial charge in [0.05, 0.1) is 6.33 Å². The Bertz CT molecular complexity index is 926. The zero-order valence-electron chi connectivity index (χ0n) is 17.2. The van der Waals surface area contributed by atoms with E-state index in [1.54, 1.807) is 0 Å². The first-order valence-corrected chi connectivity index (χ1v) is 10.1. The molecular formula is C23H29IN6. The minimum atomic E-state index is 0. The maximum Gasteiger partial charge on any atom is 0.191 e. The summed E-state index contributed by atoms with van der Waals surface area (Å²) in [4.78, 5) is 10.9. The molecule has 3 aromatic rings. The van der Waals surface area contributed by atoms with Crippen molar-refractivity contribution in [3.05, 3.63) is 84.4 Å². The van der Waals surface area contributed by atoms with Gasteiger partial charge in [-0.25, -0.2) is 4.98 Å². The molecule has 2 N–H and O–H groups in total. The maximum absolute atomic E-state index is 4.41. The van der Waals surface area contributed by atoms with Crippen LogP contribution in [-0.4, -0.2) is 41.7 Å². The predicted molar refractivity (Wildman–Crippen MR) is 134 cm³/mol. The Hall–Kier alpha value is -2.55. The van der Waals surface area contributed by atoms with Crippen molar-refractivity contribution in [3.63, 3.8) is 0 Å². The third kappa shape index (κ3) is 5.98. The topological polar surface area (TPSA) is 57.5 Å². The van der Waals surface area contributed by atoms with Gasteiger partial charge in [-0.3, -0.25) is 4.99 Å². The van der Waals surface area contributed by atoms with Crippen LogP contribution >= 0.6 is 24.0 Å². The number of aliphatic imine (C=N–C) groups is 1. The van der Waals surface area contributed by atoms with E-state index in [2.05, 4.69) is 84.7 Å². The van der Waals surface area contributed by atoms with E-state index in [0.717, 1.165) is 38.6 Å². The molecule has 158 valence electrons. The van der Waals surface area contributed by atoms with Crippen LogP contribution in [0.3, 0.4) is 0 Å². The smallest absolute Gasteiger partial charge is 0.191 e. The standard InChI is InChI=1S/C23H28N6.HI/c1-24-23(27-21-10-12-29(17-21)22-8-3-2-4-9-22)26-15-19-6-5-7-20(14-19)16-28-13-11-25-18-28;/h2-9,11,13-14,18,21H,10,12,15-17H2,1H3,(H2,24,26,27);1H. The van der Waals surface area contributed by atoms with Gasteiger partial charge in [-0.05, 0) is 29.7 Å². The van der Waals surface area contributed by atoms with E-state index >= 15 is 0 Å². The number of anilines is 1. The first-order chi connectivity index (χ1) is 14.3. The molecule has 1 aliphatic heterocycles. The molecule has 1 saturated heterocycles. The second-order valence-corrected chi connectivity index (χ2v) is 7.39. The largest absolute Gasteiger partial charge is 0.369 e. The van der Waals surface area contributed by atoms with E-state index < -0.39 is 0 Å². The highest BCUT2D eigenvalue weighted by atomic mass is 127. The normalized spacial score (nSPS) is 16.2. The van der Waals surface area contributed by atoms with Crippen molar-refractivity contribution in [1.29, 1.82) is 0 Å². The summed E-state index contributed by atoms with van der Waals surface area (Å²) in [5.74, 6) is 0.852. The van der Waals surface area contributed by atoms with Gasteiger partial charge in [0.25, 0.3) is 0 Å². The van der Waals surface area contributed by atoms with Gasteiger partial charge in [0, 0.05) is 57.3 Å². The summed E-state index contributed by atoms with van der Waals surface area (Å²) in [5, 5.41) is 7.03. The maximum atomic E-state index is 4.41. The molecular weight excluding hydrogens is 487 g/mol. The molecule has 6 nitrogen and oxygen atoms in total. The molecule has 1 aromatic heterocycles. The molecule has 0 radical (unpaired) electrons. The van der Waals surface area contributed by atoms with E-state index in [1.807, 2.05) is 25.8 Å². The summed E-state index contributed by atoms with van der Waals surface area (Å²) in [5.41, 5.74) is 3.79. The van der Waals surface area contributed by atoms with E-state index in [1.165, 1.54) is 16.8 Å². The molecule has 30 heavy (non-hydrogen) atoms. The Morgan fingerprint density at radius 2 is 1.97 bits per heavy atom. The molecule has 2 aromatic carbocycles. The first kappa shape index (κ1) is 22.1. The Balaban J connectivity index is 0.00000256. The number of benzene rings is 2. The molecule has 0 aliphatic carbocycles. The average molecular weight is 516 g/mol. The monoisotopic (exact) mass is 516 g/mol. The van der Waals surface area contributed by atoms with Gasteiger partial charge in [-0.2, -0.15) is 0 Å². The van der Waals surface area contributed by atoms with Gasteiger partial charge < -0.3 is 20.1 Å². The van der Waals surface area contributed by atoms with Crippen LogP contribution in [0.1, 0.15) is 17.5 Å². The van der Waals surface area contributed by atoms with Crippen molar-refractivity contribution >= 4 is 35.6 Å². The van der Waals surface area contributed by atoms with Crippen LogP contribution in [0.4, 0.5) is 5.69 Å². The van der Waals surface area contributed by atoms with Gasteiger partial charge in [-0.15, -0.1) is 24.0 Å². The van der Waals surface area contributed by atoms with Crippen LogP contribution in [0.5, 0.6) is 0 Å². The molecule has 1 aliphatic rings. The number of halogens is 1. The lowest BCUT2D eigenvalue weighted by atomic mass is 10.1. The zero-order valence-corrected chi connectivity index (χ0v) is 19.6. The summed E-state index contributed by atoms with van der Waals surface area (Å²) in [7, 11) is 1.83. The molecule has 0 amide bonds. The number of imidazole rings is 1. The van der Waals surface area contributed by atoms with Crippen molar-refractivity contribution in [3.8, 4) is 0 Å². The lowest BCUT2D eigenvalue weighted by Gasteiger charge is -2.20. The minimum absolute atomic E-state index is 0. The van der Waals surface area contributed by atoms with E-state index in [4.69, 9.17) is 0 Å². The fraction of sp³-hybridized carbons (Fsp3) is 0.304. The SMILES string of the molecule is CN=C(NCc1cccc(Cn2ccnc2)c1)NC1CCN(c2ccccc2)C1.I. The number of guanidine groups is 1. The van der Waals surface area contributed by atoms with Gasteiger partial charge >= 0.3 is 0 Å². The number of nitrogens with zero attached hydrogens (tertiary/aromatic N) is 4. The molecule has 2 heterocycles. The van der Waals surface area contributed by atoms with E-state index in [9.17, 15) is 0 Å². The van der Waals surface area contributed by atoms with Gasteiger partial charge in [0.1, 0.15) is 0 Å². The number of hydrogen-bond acceptors (Lipinski definition) is 3. The number of aromatic nitrogens is 2. The molecule has 1 fully saturated rings. The van der Waals surface area contributed by atoms with Crippen molar-refractivity contribution in [2.24, 2.45) is 4.99 Å². The van der Waals surface area contributed by atoms with Crippen molar-refractivity contribution in [1.82, 2.24) is 20.2 Å². The highest BCUT2D eigenvalue weighted by Crippen LogP contribution is 2.19. The predicted octanol–water partition coefficient (Wildman–Crippen LogP) is 3.49. The highest BCUT2D eigenvalue weighted by molar-refractivity contribution is 14.0. The summed E-state index contributed by atoms with van der Waals surface area (Å²) < 4.78 is 2.08. The Morgan fingerprint density at radius 3 is 2.73 bits per heavy atom. The molecule has 7 heteroatoms. The molecule has 1 unspecified atom stereocenters. The molecule has 0 bridgehead atoms. The number of hydrogen-bond donors (Lipinski definition) is 2. The summed E-state index contributed by atoms with van der Waals surface area (Å²) >= 11 is 0. The molecule has 0 spiro atoms. The third-order valence-corrected chi connectivity index (χ3v) is 5.25. The van der Waals surface area contributed by atoms with Crippen LogP contribution in [-0.2, 0) is 13.1 Å². The molecule has 1 atom stereocenters.